The maximum Gasteiger partial charge on any atom is 0.408 e. The molecule has 0 unspecified atom stereocenters. The minimum Gasteiger partial charge on any atom is -0.480 e. The Balaban J connectivity index is 1.87. The van der Waals surface area contributed by atoms with Gasteiger partial charge in [0.1, 0.15) is 18.7 Å². The van der Waals surface area contributed by atoms with E-state index in [0.29, 0.717) is 12.8 Å². The van der Waals surface area contributed by atoms with Gasteiger partial charge in [0.25, 0.3) is 0 Å². The fourth-order valence-electron chi connectivity index (χ4n) is 3.10. The van der Waals surface area contributed by atoms with Crippen molar-refractivity contribution >= 4 is 18.0 Å². The highest BCUT2D eigenvalue weighted by Gasteiger charge is 2.28. The van der Waals surface area contributed by atoms with E-state index in [2.05, 4.69) is 10.6 Å². The molecule has 2 rings (SSSR count). The van der Waals surface area contributed by atoms with E-state index in [0.717, 1.165) is 17.5 Å². The molecule has 0 spiro atoms. The first-order valence-electron chi connectivity index (χ1n) is 10.4. The van der Waals surface area contributed by atoms with Gasteiger partial charge < -0.3 is 20.5 Å². The van der Waals surface area contributed by atoms with Gasteiger partial charge in [-0.25, -0.2) is 9.59 Å². The number of amides is 2. The highest BCUT2D eigenvalue weighted by atomic mass is 16.5. The smallest absolute Gasteiger partial charge is 0.408 e. The van der Waals surface area contributed by atoms with Gasteiger partial charge in [-0.2, -0.15) is 0 Å². The fraction of sp³-hybridized carbons (Fsp3) is 0.375. The van der Waals surface area contributed by atoms with Crippen LogP contribution in [0.4, 0.5) is 4.79 Å². The molecule has 0 aromatic heterocycles. The minimum atomic E-state index is -1.10. The summed E-state index contributed by atoms with van der Waals surface area (Å²) in [5, 5.41) is 14.6. The summed E-state index contributed by atoms with van der Waals surface area (Å²) in [6, 6.07) is 17.0. The molecule has 166 valence electrons. The third-order valence-corrected chi connectivity index (χ3v) is 4.85. The van der Waals surface area contributed by atoms with Crippen molar-refractivity contribution in [2.75, 3.05) is 0 Å². The zero-order valence-corrected chi connectivity index (χ0v) is 17.9. The van der Waals surface area contributed by atoms with Crippen molar-refractivity contribution in [2.24, 2.45) is 5.92 Å². The first kappa shape index (κ1) is 23.9. The monoisotopic (exact) mass is 426 g/mol. The van der Waals surface area contributed by atoms with Gasteiger partial charge >= 0.3 is 12.1 Å². The van der Waals surface area contributed by atoms with E-state index in [9.17, 15) is 19.5 Å². The van der Waals surface area contributed by atoms with Crippen molar-refractivity contribution < 1.29 is 24.2 Å². The number of alkyl carbamates (subject to hydrolysis) is 1. The Morgan fingerprint density at radius 2 is 1.48 bits per heavy atom. The number of carbonyl (C=O) groups excluding carboxylic acids is 2. The lowest BCUT2D eigenvalue weighted by Crippen LogP contribution is -2.53. The van der Waals surface area contributed by atoms with Gasteiger partial charge in [0.05, 0.1) is 0 Å². The summed E-state index contributed by atoms with van der Waals surface area (Å²) in [7, 11) is 0. The number of rotatable bonds is 11. The maximum atomic E-state index is 12.7. The normalized spacial score (nSPS) is 12.6. The molecule has 0 fully saturated rings. The van der Waals surface area contributed by atoms with Crippen LogP contribution in [0.3, 0.4) is 0 Å². The zero-order valence-electron chi connectivity index (χ0n) is 17.9. The first-order chi connectivity index (χ1) is 14.9. The average molecular weight is 427 g/mol. The van der Waals surface area contributed by atoms with E-state index in [-0.39, 0.29) is 12.5 Å². The highest BCUT2D eigenvalue weighted by Crippen LogP contribution is 2.09. The molecule has 0 radical (unpaired) electrons. The molecule has 31 heavy (non-hydrogen) atoms. The Labute approximate surface area is 182 Å². The fourth-order valence-corrected chi connectivity index (χ4v) is 3.10. The van der Waals surface area contributed by atoms with E-state index in [1.54, 1.807) is 13.8 Å². The third kappa shape index (κ3) is 8.50. The van der Waals surface area contributed by atoms with Crippen molar-refractivity contribution in [2.45, 2.75) is 51.8 Å². The molecule has 0 aliphatic carbocycles. The summed E-state index contributed by atoms with van der Waals surface area (Å²) in [5.41, 5.74) is 1.94. The largest absolute Gasteiger partial charge is 0.480 e. The van der Waals surface area contributed by atoms with Gasteiger partial charge in [-0.15, -0.1) is 0 Å². The topological polar surface area (TPSA) is 105 Å². The van der Waals surface area contributed by atoms with Crippen LogP contribution in [0.1, 0.15) is 37.8 Å². The number of nitrogens with one attached hydrogen (secondary N) is 2. The Hall–Kier alpha value is -3.35. The molecule has 2 amide bonds. The van der Waals surface area contributed by atoms with E-state index in [1.165, 1.54) is 0 Å². The lowest BCUT2D eigenvalue weighted by Gasteiger charge is -2.23. The second-order valence-electron chi connectivity index (χ2n) is 7.70. The van der Waals surface area contributed by atoms with Crippen LogP contribution in [0.5, 0.6) is 0 Å². The number of ether oxygens (including phenoxy) is 1. The predicted octanol–water partition coefficient (Wildman–Crippen LogP) is 3.53. The summed E-state index contributed by atoms with van der Waals surface area (Å²) in [4.78, 5) is 36.5. The molecule has 0 heterocycles. The van der Waals surface area contributed by atoms with Crippen molar-refractivity contribution in [1.29, 1.82) is 0 Å². The van der Waals surface area contributed by atoms with E-state index in [1.807, 2.05) is 60.7 Å². The van der Waals surface area contributed by atoms with Gasteiger partial charge in [-0.05, 0) is 36.3 Å². The van der Waals surface area contributed by atoms with Crippen molar-refractivity contribution in [3.63, 3.8) is 0 Å². The summed E-state index contributed by atoms with van der Waals surface area (Å²) in [5.74, 6) is -1.89. The molecule has 0 bridgehead atoms. The molecular weight excluding hydrogens is 396 g/mol. The van der Waals surface area contributed by atoms with Crippen LogP contribution in [0.25, 0.3) is 0 Å². The van der Waals surface area contributed by atoms with Gasteiger partial charge in [0, 0.05) is 0 Å². The average Bonchev–Trinajstić information content (AvgIpc) is 2.76. The number of aryl methyl sites for hydroxylation is 1. The lowest BCUT2D eigenvalue weighted by molar-refractivity contribution is -0.142. The molecule has 0 saturated carbocycles. The van der Waals surface area contributed by atoms with Crippen LogP contribution in [0.2, 0.25) is 0 Å². The molecule has 7 nitrogen and oxygen atoms in total. The molecule has 3 N–H and O–H groups in total. The summed E-state index contributed by atoms with van der Waals surface area (Å²) < 4.78 is 5.18. The van der Waals surface area contributed by atoms with Crippen LogP contribution >= 0.6 is 0 Å². The molecule has 0 aliphatic heterocycles. The number of aliphatic carboxylic acids is 1. The number of hydrogen-bond acceptors (Lipinski definition) is 4. The first-order valence-corrected chi connectivity index (χ1v) is 10.4. The van der Waals surface area contributed by atoms with Gasteiger partial charge in [-0.3, -0.25) is 4.79 Å². The second-order valence-corrected chi connectivity index (χ2v) is 7.70. The van der Waals surface area contributed by atoms with Gasteiger partial charge in [0.2, 0.25) is 5.91 Å². The van der Waals surface area contributed by atoms with Gasteiger partial charge in [0.15, 0.2) is 0 Å². The van der Waals surface area contributed by atoms with Crippen LogP contribution < -0.4 is 10.6 Å². The van der Waals surface area contributed by atoms with Crippen molar-refractivity contribution in [3.05, 3.63) is 71.8 Å². The minimum absolute atomic E-state index is 0.0797. The summed E-state index contributed by atoms with van der Waals surface area (Å²) in [6.45, 7) is 3.62. The second kappa shape index (κ2) is 12.4. The zero-order chi connectivity index (χ0) is 22.6. The van der Waals surface area contributed by atoms with E-state index < -0.39 is 30.1 Å². The van der Waals surface area contributed by atoms with Crippen LogP contribution in [-0.4, -0.2) is 35.2 Å². The summed E-state index contributed by atoms with van der Waals surface area (Å²) >= 11 is 0. The van der Waals surface area contributed by atoms with Crippen molar-refractivity contribution in [3.8, 4) is 0 Å². The number of carbonyl (C=O) groups is 3. The summed E-state index contributed by atoms with van der Waals surface area (Å²) in [6.07, 6.45) is 0.894. The SMILES string of the molecule is CC(C)[C@@H](NC(=O)OCc1ccccc1)C(=O)N[C@H](CCCc1ccccc1)C(=O)O. The Morgan fingerprint density at radius 1 is 0.903 bits per heavy atom. The highest BCUT2D eigenvalue weighted by molar-refractivity contribution is 5.89. The molecule has 2 atom stereocenters. The van der Waals surface area contributed by atoms with E-state index in [4.69, 9.17) is 4.74 Å². The Bertz CT molecular complexity index is 840. The Kier molecular flexibility index (Phi) is 9.55. The molecular formula is C24H30N2O5. The van der Waals surface area contributed by atoms with Crippen molar-refractivity contribution in [1.82, 2.24) is 10.6 Å². The number of carboxylic acids is 1. The molecule has 0 saturated heterocycles. The quantitative estimate of drug-likeness (QED) is 0.510. The standard InChI is InChI=1S/C24H30N2O5/c1-17(2)21(26-24(30)31-16-19-12-7-4-8-13-19)22(27)25-20(23(28)29)15-9-14-18-10-5-3-6-11-18/h3-8,10-13,17,20-21H,9,14-16H2,1-2H3,(H,25,27)(H,26,30)(H,28,29)/t20-,21-/m1/s1. The van der Waals surface area contributed by atoms with Crippen LogP contribution in [-0.2, 0) is 27.4 Å². The number of hydrogen-bond donors (Lipinski definition) is 3. The van der Waals surface area contributed by atoms with Crippen LogP contribution in [0, 0.1) is 5.92 Å². The van der Waals surface area contributed by atoms with Crippen LogP contribution in [0.15, 0.2) is 60.7 Å². The molecule has 7 heteroatoms. The number of benzene rings is 2. The maximum absolute atomic E-state index is 12.7. The van der Waals surface area contributed by atoms with E-state index >= 15 is 0 Å². The third-order valence-electron chi connectivity index (χ3n) is 4.85. The molecule has 2 aromatic rings. The van der Waals surface area contributed by atoms with Gasteiger partial charge in [-0.1, -0.05) is 74.5 Å². The number of carboxylic acid groups (broad SMARTS) is 1. The molecule has 2 aromatic carbocycles. The Morgan fingerprint density at radius 3 is 2.03 bits per heavy atom. The lowest BCUT2D eigenvalue weighted by atomic mass is 10.0. The predicted molar refractivity (Wildman–Crippen MR) is 117 cm³/mol. The molecule has 0 aliphatic rings.